The monoisotopic (exact) mass is 388 g/mol. The molecule has 0 unspecified atom stereocenters. The summed E-state index contributed by atoms with van der Waals surface area (Å²) in [6.07, 6.45) is 0. The number of esters is 1. The van der Waals surface area contributed by atoms with E-state index in [2.05, 4.69) is 10.3 Å². The maximum atomic E-state index is 12.5. The van der Waals surface area contributed by atoms with E-state index in [1.807, 2.05) is 68.4 Å². The molecule has 0 aliphatic rings. The summed E-state index contributed by atoms with van der Waals surface area (Å²) in [4.78, 5) is 29.2. The van der Waals surface area contributed by atoms with Gasteiger partial charge in [-0.25, -0.2) is 4.79 Å². The van der Waals surface area contributed by atoms with Crippen LogP contribution < -0.4 is 5.32 Å². The van der Waals surface area contributed by atoms with Crippen molar-refractivity contribution in [3.8, 4) is 0 Å². The smallest absolute Gasteiger partial charge is 0.339 e. The second kappa shape index (κ2) is 7.75. The van der Waals surface area contributed by atoms with Crippen molar-refractivity contribution in [2.45, 2.75) is 19.9 Å². The minimum absolute atomic E-state index is 0.349. The first-order chi connectivity index (χ1) is 14.0. The maximum absolute atomic E-state index is 12.5. The highest BCUT2D eigenvalue weighted by Gasteiger charge is 2.17. The lowest BCUT2D eigenvalue weighted by atomic mass is 10.1. The lowest BCUT2D eigenvalue weighted by molar-refractivity contribution is -0.125. The number of rotatable bonds is 5. The van der Waals surface area contributed by atoms with Gasteiger partial charge in [0.05, 0.1) is 17.1 Å². The summed E-state index contributed by atoms with van der Waals surface area (Å²) in [5, 5.41) is 4.45. The van der Waals surface area contributed by atoms with Crippen LogP contribution in [0.15, 0.2) is 65.1 Å². The lowest BCUT2D eigenvalue weighted by Gasteiger charge is -2.12. The van der Waals surface area contributed by atoms with Crippen molar-refractivity contribution < 1.29 is 18.7 Å². The van der Waals surface area contributed by atoms with E-state index in [1.54, 1.807) is 6.07 Å². The third kappa shape index (κ3) is 3.96. The Bertz CT molecular complexity index is 1180. The van der Waals surface area contributed by atoms with Gasteiger partial charge < -0.3 is 14.5 Å². The predicted molar refractivity (Wildman–Crippen MR) is 110 cm³/mol. The molecular formula is C23H20N2O4. The molecule has 0 aliphatic heterocycles. The molecule has 2 aromatic carbocycles. The van der Waals surface area contributed by atoms with E-state index < -0.39 is 11.9 Å². The summed E-state index contributed by atoms with van der Waals surface area (Å²) in [6, 6.07) is 18.2. The normalized spacial score (nSPS) is 12.1. The van der Waals surface area contributed by atoms with Crippen LogP contribution in [0, 0.1) is 6.92 Å². The molecule has 0 saturated carbocycles. The summed E-state index contributed by atoms with van der Waals surface area (Å²) in [7, 11) is 0. The van der Waals surface area contributed by atoms with Gasteiger partial charge in [0.1, 0.15) is 11.3 Å². The van der Waals surface area contributed by atoms with E-state index >= 15 is 0 Å². The number of nitrogens with one attached hydrogen (secondary N) is 1. The van der Waals surface area contributed by atoms with E-state index in [0.29, 0.717) is 27.9 Å². The number of pyridine rings is 1. The first kappa shape index (κ1) is 18.7. The van der Waals surface area contributed by atoms with Crippen LogP contribution in [0.5, 0.6) is 0 Å². The Hall–Kier alpha value is -3.67. The fourth-order valence-electron chi connectivity index (χ4n) is 3.26. The zero-order chi connectivity index (χ0) is 20.4. The molecular weight excluding hydrogens is 368 g/mol. The topological polar surface area (TPSA) is 81.4 Å². The van der Waals surface area contributed by atoms with Crippen LogP contribution in [0.2, 0.25) is 0 Å². The van der Waals surface area contributed by atoms with Crippen LogP contribution in [0.1, 0.15) is 34.8 Å². The number of amides is 1. The highest BCUT2D eigenvalue weighted by molar-refractivity contribution is 6.04. The predicted octanol–water partition coefficient (Wildman–Crippen LogP) is 4.32. The number of carbonyl (C=O) groups is 2. The Morgan fingerprint density at radius 1 is 1.10 bits per heavy atom. The summed E-state index contributed by atoms with van der Waals surface area (Å²) in [6.45, 7) is 3.25. The number of aryl methyl sites for hydroxylation is 1. The van der Waals surface area contributed by atoms with Gasteiger partial charge in [-0.2, -0.15) is 0 Å². The number of nitrogens with zero attached hydrogens (tertiary/aromatic N) is 1. The summed E-state index contributed by atoms with van der Waals surface area (Å²) < 4.78 is 11.0. The molecule has 0 bridgehead atoms. The van der Waals surface area contributed by atoms with E-state index in [-0.39, 0.29) is 12.6 Å². The Morgan fingerprint density at radius 3 is 2.69 bits per heavy atom. The van der Waals surface area contributed by atoms with Crippen LogP contribution in [0.25, 0.3) is 21.9 Å². The molecule has 146 valence electrons. The molecule has 0 spiro atoms. The average Bonchev–Trinajstić information content (AvgIpc) is 3.16. The number of carbonyl (C=O) groups excluding carboxylic acids is 2. The molecule has 0 saturated heterocycles. The molecule has 29 heavy (non-hydrogen) atoms. The fraction of sp³-hybridized carbons (Fsp3) is 0.174. The Morgan fingerprint density at radius 2 is 1.86 bits per heavy atom. The molecule has 6 heteroatoms. The number of ether oxygens (including phenoxy) is 1. The number of aromatic nitrogens is 1. The van der Waals surface area contributed by atoms with Gasteiger partial charge in [-0.15, -0.1) is 0 Å². The van der Waals surface area contributed by atoms with Gasteiger partial charge in [0.25, 0.3) is 5.91 Å². The highest BCUT2D eigenvalue weighted by atomic mass is 16.5. The van der Waals surface area contributed by atoms with Gasteiger partial charge in [-0.05, 0) is 38.1 Å². The number of furan rings is 1. The van der Waals surface area contributed by atoms with Gasteiger partial charge >= 0.3 is 5.97 Å². The van der Waals surface area contributed by atoms with Crippen LogP contribution in [0.4, 0.5) is 0 Å². The van der Waals surface area contributed by atoms with Crippen LogP contribution in [-0.4, -0.2) is 23.5 Å². The van der Waals surface area contributed by atoms with Crippen LogP contribution in [0.3, 0.4) is 0 Å². The van der Waals surface area contributed by atoms with E-state index in [0.717, 1.165) is 11.0 Å². The van der Waals surface area contributed by atoms with Crippen molar-refractivity contribution in [1.82, 2.24) is 10.3 Å². The van der Waals surface area contributed by atoms with Gasteiger partial charge in [0.15, 0.2) is 6.61 Å². The molecule has 0 radical (unpaired) electrons. The maximum Gasteiger partial charge on any atom is 0.339 e. The van der Waals surface area contributed by atoms with Crippen molar-refractivity contribution in [2.24, 2.45) is 0 Å². The van der Waals surface area contributed by atoms with Crippen molar-refractivity contribution in [3.63, 3.8) is 0 Å². The first-order valence-electron chi connectivity index (χ1n) is 9.32. The lowest BCUT2D eigenvalue weighted by Crippen LogP contribution is -2.31. The van der Waals surface area contributed by atoms with Crippen LogP contribution >= 0.6 is 0 Å². The minimum Gasteiger partial charge on any atom is -0.459 e. The SMILES string of the molecule is Cc1cc(C(=O)OCC(=O)N[C@@H](C)c2cc3ccccc3o2)c2ccccc2n1. The van der Waals surface area contributed by atoms with Gasteiger partial charge in [-0.3, -0.25) is 9.78 Å². The fourth-order valence-corrected chi connectivity index (χ4v) is 3.26. The summed E-state index contributed by atoms with van der Waals surface area (Å²) >= 11 is 0. The Balaban J connectivity index is 1.41. The zero-order valence-electron chi connectivity index (χ0n) is 16.1. The molecule has 1 amide bonds. The van der Waals surface area contributed by atoms with Gasteiger partial charge in [-0.1, -0.05) is 36.4 Å². The number of fused-ring (bicyclic) bond motifs is 2. The molecule has 4 aromatic rings. The molecule has 4 rings (SSSR count). The van der Waals surface area contributed by atoms with Gasteiger partial charge in [0, 0.05) is 16.5 Å². The third-order valence-electron chi connectivity index (χ3n) is 4.65. The molecule has 2 aromatic heterocycles. The number of para-hydroxylation sites is 2. The second-order valence-electron chi connectivity index (χ2n) is 6.88. The average molecular weight is 388 g/mol. The van der Waals surface area contributed by atoms with E-state index in [9.17, 15) is 9.59 Å². The molecule has 6 nitrogen and oxygen atoms in total. The molecule has 2 heterocycles. The molecule has 0 fully saturated rings. The highest BCUT2D eigenvalue weighted by Crippen LogP contribution is 2.23. The largest absolute Gasteiger partial charge is 0.459 e. The van der Waals surface area contributed by atoms with E-state index in [1.165, 1.54) is 0 Å². The van der Waals surface area contributed by atoms with E-state index in [4.69, 9.17) is 9.15 Å². The molecule has 0 aliphatic carbocycles. The van der Waals surface area contributed by atoms with Crippen molar-refractivity contribution in [3.05, 3.63) is 77.7 Å². The van der Waals surface area contributed by atoms with Crippen molar-refractivity contribution in [1.29, 1.82) is 0 Å². The Labute approximate surface area is 167 Å². The standard InChI is InChI=1S/C23H20N2O4/c1-14-11-18(17-8-4-5-9-19(17)24-14)23(27)28-13-22(26)25-15(2)21-12-16-7-3-6-10-20(16)29-21/h3-12,15H,13H2,1-2H3,(H,25,26)/t15-/m0/s1. The zero-order valence-corrected chi connectivity index (χ0v) is 16.1. The first-order valence-corrected chi connectivity index (χ1v) is 9.32. The third-order valence-corrected chi connectivity index (χ3v) is 4.65. The number of hydrogen-bond donors (Lipinski definition) is 1. The molecule has 1 N–H and O–H groups in total. The van der Waals surface area contributed by atoms with Crippen LogP contribution in [-0.2, 0) is 9.53 Å². The summed E-state index contributed by atoms with van der Waals surface area (Å²) in [5.74, 6) is -0.318. The Kier molecular flexibility index (Phi) is 4.99. The second-order valence-corrected chi connectivity index (χ2v) is 6.88. The number of benzene rings is 2. The van der Waals surface area contributed by atoms with Gasteiger partial charge in [0.2, 0.25) is 0 Å². The number of hydrogen-bond acceptors (Lipinski definition) is 5. The summed E-state index contributed by atoms with van der Waals surface area (Å²) in [5.41, 5.74) is 2.57. The van der Waals surface area contributed by atoms with Crippen molar-refractivity contribution >= 4 is 33.7 Å². The molecule has 1 atom stereocenters. The van der Waals surface area contributed by atoms with Crippen molar-refractivity contribution in [2.75, 3.05) is 6.61 Å². The quantitative estimate of drug-likeness (QED) is 0.515. The minimum atomic E-state index is -0.557.